The molecule has 11 aromatic rings. The van der Waals surface area contributed by atoms with Crippen LogP contribution in [0.15, 0.2) is 176 Å². The maximum absolute atomic E-state index is 2.57. The van der Waals surface area contributed by atoms with Crippen LogP contribution in [0.4, 0.5) is 0 Å². The highest BCUT2D eigenvalue weighted by Gasteiger charge is 2.25. The van der Waals surface area contributed by atoms with Gasteiger partial charge >= 0.3 is 0 Å². The van der Waals surface area contributed by atoms with Crippen molar-refractivity contribution in [2.45, 2.75) is 0 Å². The number of aromatic nitrogens is 2. The number of para-hydroxylation sites is 1. The lowest BCUT2D eigenvalue weighted by atomic mass is 9.64. The van der Waals surface area contributed by atoms with Gasteiger partial charge in [-0.15, -0.1) is 5.46 Å². The standard InChI is InChI=1S/C54H43B7N2/c55-46-42(47(56)51(60)53-44(46)45-48(57)49(58)50(59)52(61)54(45)63(53)37-25-22-32(23-26-37)30-12-4-1-5-13-30)35-24-27-40-39(29-35)43-38(20-11-21-41(43)62(40)36-18-8-3-9-19-36)34-17-10-16-33(28-34)31-14-6-2-7-15-31/h1-29H,55-61H2. The van der Waals surface area contributed by atoms with Crippen LogP contribution in [0.3, 0.4) is 0 Å². The van der Waals surface area contributed by atoms with Gasteiger partial charge in [0, 0.05) is 38.6 Å². The molecule has 0 radical (unpaired) electrons. The second-order valence-corrected chi connectivity index (χ2v) is 17.5. The Balaban J connectivity index is 1.19. The van der Waals surface area contributed by atoms with Crippen molar-refractivity contribution < 1.29 is 0 Å². The number of fused-ring (bicyclic) bond motifs is 6. The summed E-state index contributed by atoms with van der Waals surface area (Å²) in [5, 5.41) is 5.23. The molecule has 0 saturated carbocycles. The van der Waals surface area contributed by atoms with Gasteiger partial charge in [0.25, 0.3) is 0 Å². The molecular weight excluding hydrogens is 752 g/mol. The molecule has 2 aromatic heterocycles. The lowest BCUT2D eigenvalue weighted by Gasteiger charge is -2.19. The number of hydrogen-bond acceptors (Lipinski definition) is 0. The van der Waals surface area contributed by atoms with Crippen LogP contribution in [0.2, 0.25) is 0 Å². The molecule has 11 rings (SSSR count). The number of nitrogens with zero attached hydrogens (tertiary/aromatic N) is 2. The van der Waals surface area contributed by atoms with Crippen molar-refractivity contribution in [3.63, 3.8) is 0 Å². The zero-order valence-corrected chi connectivity index (χ0v) is 37.1. The summed E-state index contributed by atoms with van der Waals surface area (Å²) in [6, 6.07) is 64.5. The lowest BCUT2D eigenvalue weighted by Crippen LogP contribution is -2.48. The van der Waals surface area contributed by atoms with E-state index in [0.717, 1.165) is 5.69 Å². The molecule has 0 aliphatic rings. The van der Waals surface area contributed by atoms with E-state index in [-0.39, 0.29) is 0 Å². The van der Waals surface area contributed by atoms with Crippen molar-refractivity contribution >= 4 is 137 Å². The zero-order valence-electron chi connectivity index (χ0n) is 37.1. The Morgan fingerprint density at radius 3 is 1.48 bits per heavy atom. The second-order valence-electron chi connectivity index (χ2n) is 17.5. The van der Waals surface area contributed by atoms with Gasteiger partial charge in [0.15, 0.2) is 0 Å². The van der Waals surface area contributed by atoms with Crippen molar-refractivity contribution in [2.75, 3.05) is 0 Å². The molecule has 0 unspecified atom stereocenters. The fourth-order valence-corrected chi connectivity index (χ4v) is 10.7. The highest BCUT2D eigenvalue weighted by molar-refractivity contribution is 6.69. The van der Waals surface area contributed by atoms with E-state index in [2.05, 4.69) is 240 Å². The molecule has 9 aromatic carbocycles. The smallest absolute Gasteiger partial charge is 0.141 e. The van der Waals surface area contributed by atoms with Gasteiger partial charge in [-0.25, -0.2) is 0 Å². The van der Waals surface area contributed by atoms with Gasteiger partial charge in [-0.05, 0) is 98.4 Å². The minimum absolute atomic E-state index is 1.16. The maximum atomic E-state index is 2.57. The summed E-state index contributed by atoms with van der Waals surface area (Å²) in [7, 11) is 16.3. The maximum Gasteiger partial charge on any atom is 0.141 e. The average molecular weight is 796 g/mol. The van der Waals surface area contributed by atoms with E-state index in [1.165, 1.54) is 132 Å². The zero-order chi connectivity index (χ0) is 43.1. The quantitative estimate of drug-likeness (QED) is 0.229. The molecule has 290 valence electrons. The summed E-state index contributed by atoms with van der Waals surface area (Å²) in [6.07, 6.45) is 0. The Morgan fingerprint density at radius 2 is 0.794 bits per heavy atom. The molecule has 0 fully saturated rings. The topological polar surface area (TPSA) is 9.86 Å². The van der Waals surface area contributed by atoms with E-state index in [4.69, 9.17) is 0 Å². The van der Waals surface area contributed by atoms with Gasteiger partial charge in [0.2, 0.25) is 0 Å². The Bertz CT molecular complexity index is 3620. The first-order valence-electron chi connectivity index (χ1n) is 22.2. The van der Waals surface area contributed by atoms with Crippen molar-refractivity contribution in [1.29, 1.82) is 0 Å². The first-order chi connectivity index (χ1) is 30.7. The SMILES string of the molecule is Bc1c(B)c(B)c2c(c1B)c1c(B)c(-c3ccc4c(c3)c3c(-c5cccc(-c6ccccc6)c5)cccc3n4-c3ccccc3)c(B)c(B)c1n2-c1ccc(-c2ccccc2)cc1. The van der Waals surface area contributed by atoms with Crippen LogP contribution in [0.25, 0.3) is 99.5 Å². The van der Waals surface area contributed by atoms with Gasteiger partial charge < -0.3 is 9.13 Å². The van der Waals surface area contributed by atoms with Gasteiger partial charge in [0.1, 0.15) is 54.9 Å². The predicted octanol–water partition coefficient (Wildman–Crippen LogP) is 2.36. The summed E-state index contributed by atoms with van der Waals surface area (Å²) >= 11 is 0. The van der Waals surface area contributed by atoms with Gasteiger partial charge in [-0.1, -0.05) is 160 Å². The predicted molar refractivity (Wildman–Crippen MR) is 294 cm³/mol. The lowest BCUT2D eigenvalue weighted by molar-refractivity contribution is 1.18. The van der Waals surface area contributed by atoms with Gasteiger partial charge in [-0.3, -0.25) is 0 Å². The minimum Gasteiger partial charge on any atom is -0.310 e. The molecule has 0 aliphatic heterocycles. The molecule has 0 spiro atoms. The van der Waals surface area contributed by atoms with Crippen LogP contribution in [0, 0.1) is 0 Å². The molecule has 0 saturated heterocycles. The fourth-order valence-electron chi connectivity index (χ4n) is 10.7. The van der Waals surface area contributed by atoms with Crippen molar-refractivity contribution in [3.05, 3.63) is 176 Å². The first kappa shape index (κ1) is 38.9. The normalized spacial score (nSPS) is 11.6. The molecule has 0 bridgehead atoms. The van der Waals surface area contributed by atoms with Crippen LogP contribution in [-0.2, 0) is 0 Å². The van der Waals surface area contributed by atoms with Gasteiger partial charge in [0.05, 0.1) is 11.0 Å². The number of benzene rings is 9. The van der Waals surface area contributed by atoms with Crippen LogP contribution >= 0.6 is 0 Å². The van der Waals surface area contributed by atoms with E-state index in [9.17, 15) is 0 Å². The summed E-state index contributed by atoms with van der Waals surface area (Å²) in [4.78, 5) is 0. The van der Waals surface area contributed by atoms with Crippen molar-refractivity contribution in [1.82, 2.24) is 9.13 Å². The van der Waals surface area contributed by atoms with Crippen LogP contribution < -0.4 is 38.2 Å². The Hall–Kier alpha value is -6.97. The molecule has 2 nitrogen and oxygen atoms in total. The minimum atomic E-state index is 1.16. The fraction of sp³-hybridized carbons (Fsp3) is 0. The third-order valence-corrected chi connectivity index (χ3v) is 14.2. The molecule has 0 amide bonds. The van der Waals surface area contributed by atoms with E-state index >= 15 is 0 Å². The Morgan fingerprint density at radius 1 is 0.286 bits per heavy atom. The summed E-state index contributed by atoms with van der Waals surface area (Å²) in [5.41, 5.74) is 26.7. The highest BCUT2D eigenvalue weighted by atomic mass is 15.0. The van der Waals surface area contributed by atoms with E-state index < -0.39 is 0 Å². The summed E-state index contributed by atoms with van der Waals surface area (Å²) in [6.45, 7) is 0. The molecule has 9 heteroatoms. The summed E-state index contributed by atoms with van der Waals surface area (Å²) < 4.78 is 5.01. The highest BCUT2D eigenvalue weighted by Crippen LogP contribution is 2.41. The molecule has 0 aliphatic carbocycles. The molecule has 63 heavy (non-hydrogen) atoms. The molecule has 2 heterocycles. The first-order valence-corrected chi connectivity index (χ1v) is 22.2. The van der Waals surface area contributed by atoms with E-state index in [1.54, 1.807) is 0 Å². The Kier molecular flexibility index (Phi) is 9.35. The monoisotopic (exact) mass is 796 g/mol. The molecule has 0 atom stereocenters. The van der Waals surface area contributed by atoms with Crippen LogP contribution in [0.5, 0.6) is 0 Å². The van der Waals surface area contributed by atoms with Crippen molar-refractivity contribution in [2.24, 2.45) is 0 Å². The molecular formula is C54H43B7N2. The van der Waals surface area contributed by atoms with Crippen molar-refractivity contribution in [3.8, 4) is 55.9 Å². The number of rotatable bonds is 6. The third-order valence-electron chi connectivity index (χ3n) is 14.2. The van der Waals surface area contributed by atoms with Crippen LogP contribution in [-0.4, -0.2) is 64.1 Å². The number of hydrogen-bond donors (Lipinski definition) is 0. The van der Waals surface area contributed by atoms with Crippen LogP contribution in [0.1, 0.15) is 0 Å². The largest absolute Gasteiger partial charge is 0.310 e. The molecule has 0 N–H and O–H groups in total. The van der Waals surface area contributed by atoms with Gasteiger partial charge in [-0.2, -0.15) is 0 Å². The average Bonchev–Trinajstić information content (AvgIpc) is 3.87. The van der Waals surface area contributed by atoms with E-state index in [1.807, 2.05) is 0 Å². The van der Waals surface area contributed by atoms with E-state index in [0.29, 0.717) is 0 Å². The third kappa shape index (κ3) is 6.04. The second kappa shape index (κ2) is 15.1. The Labute approximate surface area is 375 Å². The summed E-state index contributed by atoms with van der Waals surface area (Å²) in [5.74, 6) is 0.